The minimum atomic E-state index is -0.0986. The Morgan fingerprint density at radius 1 is 1.09 bits per heavy atom. The number of anilines is 1. The third-order valence-electron chi connectivity index (χ3n) is 4.41. The molecule has 1 unspecified atom stereocenters. The Labute approximate surface area is 138 Å². The zero-order chi connectivity index (χ0) is 16.4. The summed E-state index contributed by atoms with van der Waals surface area (Å²) in [6.45, 7) is 7.23. The van der Waals surface area contributed by atoms with Gasteiger partial charge in [0.15, 0.2) is 0 Å². The van der Waals surface area contributed by atoms with Crippen LogP contribution in [0.2, 0.25) is 0 Å². The van der Waals surface area contributed by atoms with E-state index in [1.807, 2.05) is 29.2 Å². The van der Waals surface area contributed by atoms with Crippen LogP contribution in [0.25, 0.3) is 0 Å². The van der Waals surface area contributed by atoms with Gasteiger partial charge in [0.05, 0.1) is 5.56 Å². The van der Waals surface area contributed by atoms with E-state index in [1.165, 1.54) is 5.56 Å². The van der Waals surface area contributed by atoms with Crippen LogP contribution >= 0.6 is 0 Å². The fraction of sp³-hybridized carbons (Fsp3) is 0.350. The number of amides is 1. The first-order chi connectivity index (χ1) is 11.1. The summed E-state index contributed by atoms with van der Waals surface area (Å²) in [4.78, 5) is 14.8. The summed E-state index contributed by atoms with van der Waals surface area (Å²) in [5, 5.41) is 3.53. The average Bonchev–Trinajstić information content (AvgIpc) is 2.57. The SMILES string of the molecule is CCCN1C(=O)c2ccccc2NC1c1ccc(C(C)C)cc1. The molecule has 120 valence electrons. The third kappa shape index (κ3) is 2.96. The number of para-hydroxylation sites is 1. The molecule has 1 N–H and O–H groups in total. The van der Waals surface area contributed by atoms with Crippen LogP contribution in [0, 0.1) is 0 Å². The van der Waals surface area contributed by atoms with Crippen LogP contribution in [-0.2, 0) is 0 Å². The molecule has 3 nitrogen and oxygen atoms in total. The van der Waals surface area contributed by atoms with Gasteiger partial charge in [0.25, 0.3) is 5.91 Å². The predicted octanol–water partition coefficient (Wildman–Crippen LogP) is 4.79. The number of carbonyl (C=O) groups excluding carboxylic acids is 1. The van der Waals surface area contributed by atoms with Crippen molar-refractivity contribution in [3.8, 4) is 0 Å². The van der Waals surface area contributed by atoms with Crippen molar-refractivity contribution in [2.75, 3.05) is 11.9 Å². The molecule has 0 aliphatic carbocycles. The summed E-state index contributed by atoms with van der Waals surface area (Å²) < 4.78 is 0. The Balaban J connectivity index is 1.97. The van der Waals surface area contributed by atoms with Crippen LogP contribution in [0.3, 0.4) is 0 Å². The number of nitrogens with one attached hydrogen (secondary N) is 1. The second-order valence-corrected chi connectivity index (χ2v) is 6.41. The van der Waals surface area contributed by atoms with Gasteiger partial charge in [-0.05, 0) is 35.6 Å². The van der Waals surface area contributed by atoms with Crippen molar-refractivity contribution in [3.63, 3.8) is 0 Å². The Hall–Kier alpha value is -2.29. The van der Waals surface area contributed by atoms with E-state index in [0.29, 0.717) is 5.92 Å². The normalized spacial score (nSPS) is 17.1. The van der Waals surface area contributed by atoms with Crippen molar-refractivity contribution in [2.24, 2.45) is 0 Å². The molecule has 1 heterocycles. The molecule has 2 aromatic rings. The molecule has 3 heteroatoms. The number of nitrogens with zero attached hydrogens (tertiary/aromatic N) is 1. The second kappa shape index (κ2) is 6.45. The Morgan fingerprint density at radius 3 is 2.43 bits per heavy atom. The average molecular weight is 308 g/mol. The molecular weight excluding hydrogens is 284 g/mol. The van der Waals surface area contributed by atoms with Gasteiger partial charge in [0.2, 0.25) is 0 Å². The molecule has 1 aliphatic rings. The number of hydrogen-bond acceptors (Lipinski definition) is 2. The van der Waals surface area contributed by atoms with E-state index in [0.717, 1.165) is 29.8 Å². The largest absolute Gasteiger partial charge is 0.361 e. The molecule has 23 heavy (non-hydrogen) atoms. The zero-order valence-corrected chi connectivity index (χ0v) is 14.0. The maximum absolute atomic E-state index is 12.9. The highest BCUT2D eigenvalue weighted by Crippen LogP contribution is 2.33. The molecule has 2 aromatic carbocycles. The van der Waals surface area contributed by atoms with Crippen molar-refractivity contribution >= 4 is 11.6 Å². The highest BCUT2D eigenvalue weighted by molar-refractivity contribution is 6.01. The topological polar surface area (TPSA) is 32.3 Å². The molecule has 1 aliphatic heterocycles. The minimum absolute atomic E-state index is 0.0986. The quantitative estimate of drug-likeness (QED) is 0.881. The van der Waals surface area contributed by atoms with E-state index in [2.05, 4.69) is 50.4 Å². The molecule has 1 amide bonds. The first-order valence-electron chi connectivity index (χ1n) is 8.38. The van der Waals surface area contributed by atoms with Gasteiger partial charge in [-0.3, -0.25) is 4.79 Å². The fourth-order valence-electron chi connectivity index (χ4n) is 3.09. The van der Waals surface area contributed by atoms with E-state index < -0.39 is 0 Å². The molecule has 0 saturated carbocycles. The molecule has 0 spiro atoms. The summed E-state index contributed by atoms with van der Waals surface area (Å²) >= 11 is 0. The molecule has 0 fully saturated rings. The Kier molecular flexibility index (Phi) is 4.37. The number of fused-ring (bicyclic) bond motifs is 1. The minimum Gasteiger partial charge on any atom is -0.361 e. The van der Waals surface area contributed by atoms with Gasteiger partial charge in [-0.1, -0.05) is 57.2 Å². The second-order valence-electron chi connectivity index (χ2n) is 6.41. The lowest BCUT2D eigenvalue weighted by molar-refractivity contribution is 0.0683. The number of rotatable bonds is 4. The van der Waals surface area contributed by atoms with E-state index in [1.54, 1.807) is 0 Å². The third-order valence-corrected chi connectivity index (χ3v) is 4.41. The molecule has 0 aromatic heterocycles. The summed E-state index contributed by atoms with van der Waals surface area (Å²) in [5.74, 6) is 0.622. The summed E-state index contributed by atoms with van der Waals surface area (Å²) in [5.41, 5.74) is 4.13. The highest BCUT2D eigenvalue weighted by atomic mass is 16.2. The van der Waals surface area contributed by atoms with Gasteiger partial charge in [-0.2, -0.15) is 0 Å². The van der Waals surface area contributed by atoms with Crippen molar-refractivity contribution in [3.05, 3.63) is 65.2 Å². The van der Waals surface area contributed by atoms with Gasteiger partial charge >= 0.3 is 0 Å². The van der Waals surface area contributed by atoms with Crippen molar-refractivity contribution in [1.29, 1.82) is 0 Å². The first kappa shape index (κ1) is 15.6. The number of carbonyl (C=O) groups is 1. The van der Waals surface area contributed by atoms with Crippen LogP contribution in [0.15, 0.2) is 48.5 Å². The van der Waals surface area contributed by atoms with Gasteiger partial charge in [-0.25, -0.2) is 0 Å². The number of benzene rings is 2. The van der Waals surface area contributed by atoms with E-state index >= 15 is 0 Å². The number of hydrogen-bond donors (Lipinski definition) is 1. The molecular formula is C20H24N2O. The first-order valence-corrected chi connectivity index (χ1v) is 8.38. The fourth-order valence-corrected chi connectivity index (χ4v) is 3.09. The van der Waals surface area contributed by atoms with Crippen LogP contribution < -0.4 is 5.32 Å². The lowest BCUT2D eigenvalue weighted by atomic mass is 9.99. The van der Waals surface area contributed by atoms with Crippen molar-refractivity contribution in [2.45, 2.75) is 39.3 Å². The molecule has 0 bridgehead atoms. The van der Waals surface area contributed by atoms with E-state index in [4.69, 9.17) is 0 Å². The molecule has 1 atom stereocenters. The van der Waals surface area contributed by atoms with Gasteiger partial charge < -0.3 is 10.2 Å². The van der Waals surface area contributed by atoms with E-state index in [9.17, 15) is 4.79 Å². The molecule has 0 radical (unpaired) electrons. The van der Waals surface area contributed by atoms with Gasteiger partial charge in [0.1, 0.15) is 6.17 Å². The smallest absolute Gasteiger partial charge is 0.257 e. The lowest BCUT2D eigenvalue weighted by Gasteiger charge is -2.38. The Bertz CT molecular complexity index is 691. The summed E-state index contributed by atoms with van der Waals surface area (Å²) in [6, 6.07) is 16.4. The van der Waals surface area contributed by atoms with Gasteiger partial charge in [-0.15, -0.1) is 0 Å². The van der Waals surface area contributed by atoms with Gasteiger partial charge in [0, 0.05) is 12.2 Å². The molecule has 3 rings (SSSR count). The summed E-state index contributed by atoms with van der Waals surface area (Å²) in [7, 11) is 0. The monoisotopic (exact) mass is 308 g/mol. The lowest BCUT2D eigenvalue weighted by Crippen LogP contribution is -2.43. The maximum atomic E-state index is 12.9. The van der Waals surface area contributed by atoms with Crippen molar-refractivity contribution < 1.29 is 4.79 Å². The van der Waals surface area contributed by atoms with Crippen LogP contribution in [0.5, 0.6) is 0 Å². The standard InChI is InChI=1S/C20H24N2O/c1-4-13-22-19(16-11-9-15(10-12-16)14(2)3)21-18-8-6-5-7-17(18)20(22)23/h5-12,14,19,21H,4,13H2,1-3H3. The maximum Gasteiger partial charge on any atom is 0.257 e. The van der Waals surface area contributed by atoms with Crippen LogP contribution in [-0.4, -0.2) is 17.4 Å². The van der Waals surface area contributed by atoms with Crippen LogP contribution in [0.1, 0.15) is 60.8 Å². The Morgan fingerprint density at radius 2 is 1.78 bits per heavy atom. The zero-order valence-electron chi connectivity index (χ0n) is 14.0. The van der Waals surface area contributed by atoms with Crippen LogP contribution in [0.4, 0.5) is 5.69 Å². The highest BCUT2D eigenvalue weighted by Gasteiger charge is 2.31. The van der Waals surface area contributed by atoms with Crippen molar-refractivity contribution in [1.82, 2.24) is 4.90 Å². The predicted molar refractivity (Wildman–Crippen MR) is 94.7 cm³/mol. The van der Waals surface area contributed by atoms with E-state index in [-0.39, 0.29) is 12.1 Å². The summed E-state index contributed by atoms with van der Waals surface area (Å²) in [6.07, 6.45) is 0.842. The molecule has 0 saturated heterocycles.